The van der Waals surface area contributed by atoms with Crippen LogP contribution in [0, 0.1) is 0 Å². The standard InChI is InChI=1S/C13H21BNOP/c1-13(2,3)17(14)15-12-10-7-5-4-6-9(10)8-11(12)16-17/h4-7,11-12,15H,8H2,1-3,14H3/t11-,12+,17?/m1/s1. The van der Waals surface area contributed by atoms with E-state index in [1.807, 2.05) is 0 Å². The van der Waals surface area contributed by atoms with Gasteiger partial charge in [-0.1, -0.05) is 24.3 Å². The largest absolute Gasteiger partial charge is 0.262 e. The number of fused-ring (bicyclic) bond motifs is 3. The molecule has 3 rings (SSSR count). The van der Waals surface area contributed by atoms with Crippen molar-refractivity contribution in [2.75, 3.05) is 0 Å². The lowest BCUT2D eigenvalue weighted by Gasteiger charge is -2.36. The van der Waals surface area contributed by atoms with Crippen LogP contribution in [0.5, 0.6) is 0 Å². The summed E-state index contributed by atoms with van der Waals surface area (Å²) in [7, 11) is -1.04. The molecule has 0 bridgehead atoms. The smallest absolute Gasteiger partial charge is 0.178 e. The molecule has 1 heterocycles. The van der Waals surface area contributed by atoms with Crippen molar-refractivity contribution in [1.82, 2.24) is 5.09 Å². The first-order chi connectivity index (χ1) is 7.91. The molecule has 1 aliphatic carbocycles. The summed E-state index contributed by atoms with van der Waals surface area (Å²) in [6.07, 6.45) is 1.52. The summed E-state index contributed by atoms with van der Waals surface area (Å²) in [6, 6.07) is 9.30. The Bertz CT molecular complexity index is 459. The zero-order chi connectivity index (χ0) is 12.3. The summed E-state index contributed by atoms with van der Waals surface area (Å²) in [6.45, 7) is 7.02. The first kappa shape index (κ1) is 11.7. The van der Waals surface area contributed by atoms with Gasteiger partial charge in [0.1, 0.15) is 6.10 Å². The molecule has 1 N–H and O–H groups in total. The van der Waals surface area contributed by atoms with Gasteiger partial charge < -0.3 is 0 Å². The summed E-state index contributed by atoms with van der Waals surface area (Å²) in [5.74, 6) is 0. The minimum Gasteiger partial charge on any atom is -0.262 e. The SMILES string of the molecule is [BH3-][P+]1(C(C)(C)C)N[C@H]2c3ccccc3C[C@H]2O1. The molecule has 3 atom stereocenters. The van der Waals surface area contributed by atoms with Gasteiger partial charge in [0.15, 0.2) is 7.57 Å². The van der Waals surface area contributed by atoms with E-state index in [0.29, 0.717) is 17.3 Å². The van der Waals surface area contributed by atoms with Crippen LogP contribution in [0.4, 0.5) is 0 Å². The van der Waals surface area contributed by atoms with E-state index >= 15 is 0 Å². The van der Waals surface area contributed by atoms with Crippen molar-refractivity contribution in [1.29, 1.82) is 0 Å². The van der Waals surface area contributed by atoms with Gasteiger partial charge in [-0.3, -0.25) is 4.52 Å². The van der Waals surface area contributed by atoms with Gasteiger partial charge in [-0.15, -0.1) is 0 Å². The Labute approximate surface area is 105 Å². The van der Waals surface area contributed by atoms with Gasteiger partial charge >= 0.3 is 0 Å². The first-order valence-corrected chi connectivity index (χ1v) is 7.12. The molecule has 1 fully saturated rings. The normalized spacial score (nSPS) is 35.8. The molecule has 0 spiro atoms. The average Bonchev–Trinajstić information content (AvgIpc) is 2.71. The first-order valence-electron chi connectivity index (χ1n) is 5.87. The van der Waals surface area contributed by atoms with Crippen molar-refractivity contribution < 1.29 is 4.52 Å². The second-order valence-electron chi connectivity index (χ2n) is 5.62. The molecule has 92 valence electrons. The highest BCUT2D eigenvalue weighted by molar-refractivity contribution is 7.93. The quantitative estimate of drug-likeness (QED) is 0.562. The Kier molecular flexibility index (Phi) is 2.46. The molecule has 0 radical (unpaired) electrons. The summed E-state index contributed by atoms with van der Waals surface area (Å²) in [5, 5.41) is 4.25. The van der Waals surface area contributed by atoms with E-state index < -0.39 is 7.52 Å². The van der Waals surface area contributed by atoms with Crippen molar-refractivity contribution >= 4 is 15.1 Å². The Morgan fingerprint density at radius 3 is 2.76 bits per heavy atom. The second-order valence-corrected chi connectivity index (χ2v) is 8.02. The monoisotopic (exact) mass is 249 g/mol. The summed E-state index contributed by atoms with van der Waals surface area (Å²) in [5.41, 5.74) is 2.97. The Morgan fingerprint density at radius 1 is 1.35 bits per heavy atom. The summed E-state index contributed by atoms with van der Waals surface area (Å²) >= 11 is 0. The fraction of sp³-hybridized carbons (Fsp3) is 0.538. The van der Waals surface area contributed by atoms with Crippen LogP contribution < -0.4 is 5.09 Å². The highest BCUT2D eigenvalue weighted by Gasteiger charge is 2.54. The number of hydrogen-bond acceptors (Lipinski definition) is 2. The van der Waals surface area contributed by atoms with Gasteiger partial charge in [0, 0.05) is 13.9 Å². The van der Waals surface area contributed by atoms with Crippen molar-refractivity contribution in [2.24, 2.45) is 0 Å². The van der Waals surface area contributed by atoms with E-state index in [1.54, 1.807) is 0 Å². The molecule has 4 heteroatoms. The van der Waals surface area contributed by atoms with Gasteiger partial charge in [0.05, 0.1) is 11.2 Å². The molecule has 1 aromatic rings. The van der Waals surface area contributed by atoms with Crippen molar-refractivity contribution in [2.45, 2.75) is 44.5 Å². The van der Waals surface area contributed by atoms with Crippen LogP contribution in [0.15, 0.2) is 24.3 Å². The highest BCUT2D eigenvalue weighted by atomic mass is 31.2. The van der Waals surface area contributed by atoms with E-state index in [4.69, 9.17) is 4.52 Å². The minimum absolute atomic E-state index is 0.198. The van der Waals surface area contributed by atoms with Gasteiger partial charge in [0.25, 0.3) is 0 Å². The number of benzene rings is 1. The fourth-order valence-corrected chi connectivity index (χ4v) is 4.24. The van der Waals surface area contributed by atoms with Crippen LogP contribution in [0.1, 0.15) is 37.9 Å². The lowest BCUT2D eigenvalue weighted by atomic mass is 10.1. The van der Waals surface area contributed by atoms with Crippen molar-refractivity contribution in [3.05, 3.63) is 35.4 Å². The number of nitrogens with one attached hydrogen (secondary N) is 1. The zero-order valence-electron chi connectivity index (χ0n) is 10.0. The van der Waals surface area contributed by atoms with Gasteiger partial charge in [-0.2, -0.15) is 5.09 Å². The lowest BCUT2D eigenvalue weighted by Crippen LogP contribution is -2.28. The third-order valence-electron chi connectivity index (χ3n) is 3.29. The van der Waals surface area contributed by atoms with E-state index in [0.717, 1.165) is 6.42 Å². The molecule has 1 aromatic carbocycles. The molecule has 2 aliphatic rings. The second kappa shape index (κ2) is 3.57. The van der Waals surface area contributed by atoms with Crippen molar-refractivity contribution in [3.63, 3.8) is 0 Å². The predicted molar refractivity (Wildman–Crippen MR) is 77.5 cm³/mol. The molecule has 0 amide bonds. The predicted octanol–water partition coefficient (Wildman–Crippen LogP) is 2.20. The molecule has 1 aliphatic heterocycles. The number of rotatable bonds is 0. The minimum atomic E-state index is -1.24. The Balaban J connectivity index is 1.93. The maximum atomic E-state index is 6.53. The third kappa shape index (κ3) is 1.68. The van der Waals surface area contributed by atoms with Crippen molar-refractivity contribution in [3.8, 4) is 0 Å². The van der Waals surface area contributed by atoms with Crippen LogP contribution in [0.25, 0.3) is 0 Å². The maximum absolute atomic E-state index is 6.53. The fourth-order valence-electron chi connectivity index (χ4n) is 2.45. The third-order valence-corrected chi connectivity index (χ3v) is 5.50. The maximum Gasteiger partial charge on any atom is 0.178 e. The summed E-state index contributed by atoms with van der Waals surface area (Å²) < 4.78 is 6.53. The lowest BCUT2D eigenvalue weighted by molar-refractivity contribution is 0.234. The van der Waals surface area contributed by atoms with E-state index in [9.17, 15) is 0 Å². The topological polar surface area (TPSA) is 21.3 Å². The molecule has 0 aromatic heterocycles. The molecule has 1 unspecified atom stereocenters. The van der Waals surface area contributed by atoms with E-state index in [2.05, 4.69) is 50.1 Å². The van der Waals surface area contributed by atoms with Crippen LogP contribution in [-0.2, 0) is 10.9 Å². The molecular weight excluding hydrogens is 228 g/mol. The van der Waals surface area contributed by atoms with Gasteiger partial charge in [-0.25, -0.2) is 0 Å². The van der Waals surface area contributed by atoms with Gasteiger partial charge in [0.2, 0.25) is 0 Å². The number of hydrogen-bond donors (Lipinski definition) is 1. The molecule has 2 nitrogen and oxygen atoms in total. The molecule has 0 saturated carbocycles. The van der Waals surface area contributed by atoms with Gasteiger partial charge in [-0.05, 0) is 31.9 Å². The molecular formula is C13H21BNOP. The van der Waals surface area contributed by atoms with Crippen LogP contribution in [0.3, 0.4) is 0 Å². The van der Waals surface area contributed by atoms with Crippen LogP contribution >= 0.6 is 7.52 Å². The van der Waals surface area contributed by atoms with E-state index in [1.165, 1.54) is 11.1 Å². The van der Waals surface area contributed by atoms with E-state index in [-0.39, 0.29) is 7.57 Å². The molecule has 17 heavy (non-hydrogen) atoms. The highest BCUT2D eigenvalue weighted by Crippen LogP contribution is 2.70. The summed E-state index contributed by atoms with van der Waals surface area (Å²) in [4.78, 5) is 0. The van der Waals surface area contributed by atoms with Crippen LogP contribution in [-0.4, -0.2) is 18.8 Å². The average molecular weight is 249 g/mol. The Hall–Kier alpha value is -0.365. The Morgan fingerprint density at radius 2 is 2.06 bits per heavy atom. The zero-order valence-corrected chi connectivity index (χ0v) is 10.9. The van der Waals surface area contributed by atoms with Crippen LogP contribution in [0.2, 0.25) is 0 Å². The molecule has 1 saturated heterocycles.